The normalized spacial score (nSPS) is 24.0. The molecule has 1 fully saturated rings. The number of unbranched alkanes of at least 4 members (excludes halogenated alkanes) is 5. The molecule has 0 aromatic rings. The Labute approximate surface area is 143 Å². The molecule has 1 aliphatic rings. The fourth-order valence-corrected chi connectivity index (χ4v) is 2.81. The number of esters is 1. The molecule has 6 heteroatoms. The number of Topliss-reactive ketones (excluding diaryl/α,β-unsaturated/α-hetero) is 1. The number of carbonyl (C=O) groups is 2. The van der Waals surface area contributed by atoms with Gasteiger partial charge in [-0.3, -0.25) is 9.59 Å². The van der Waals surface area contributed by atoms with Gasteiger partial charge in [0.25, 0.3) is 0 Å². The van der Waals surface area contributed by atoms with Crippen LogP contribution in [0.3, 0.4) is 0 Å². The molecule has 0 heterocycles. The highest BCUT2D eigenvalue weighted by Gasteiger charge is 2.46. The predicted octanol–water partition coefficient (Wildman–Crippen LogP) is 2.95. The lowest BCUT2D eigenvalue weighted by Crippen LogP contribution is -2.32. The topological polar surface area (TPSA) is 108 Å². The Morgan fingerprint density at radius 2 is 2.12 bits per heavy atom. The third kappa shape index (κ3) is 6.32. The van der Waals surface area contributed by atoms with Crippen LogP contribution in [0.4, 0.5) is 0 Å². The van der Waals surface area contributed by atoms with Crippen molar-refractivity contribution < 1.29 is 24.5 Å². The van der Waals surface area contributed by atoms with E-state index in [0.29, 0.717) is 12.8 Å². The number of hydrogen-bond acceptors (Lipinski definition) is 6. The summed E-state index contributed by atoms with van der Waals surface area (Å²) in [6.45, 7) is 2.11. The van der Waals surface area contributed by atoms with Crippen LogP contribution in [0.15, 0.2) is 11.8 Å². The number of ether oxygens (including phenoxy) is 1. The van der Waals surface area contributed by atoms with E-state index in [1.54, 1.807) is 6.08 Å². The van der Waals surface area contributed by atoms with Crippen molar-refractivity contribution in [2.45, 2.75) is 76.9 Å². The smallest absolute Gasteiger partial charge is 0.306 e. The number of ketones is 1. The minimum absolute atomic E-state index is 0.0433. The molecule has 0 radical (unpaired) electrons. The van der Waals surface area contributed by atoms with Gasteiger partial charge in [-0.2, -0.15) is 5.26 Å². The van der Waals surface area contributed by atoms with Crippen LogP contribution in [-0.4, -0.2) is 34.2 Å². The van der Waals surface area contributed by atoms with E-state index >= 15 is 0 Å². The van der Waals surface area contributed by atoms with Crippen LogP contribution < -0.4 is 0 Å². The Morgan fingerprint density at radius 1 is 1.38 bits per heavy atom. The average Bonchev–Trinajstić information content (AvgIpc) is 2.81. The van der Waals surface area contributed by atoms with Crippen LogP contribution in [0.1, 0.15) is 64.7 Å². The van der Waals surface area contributed by atoms with E-state index in [9.17, 15) is 19.8 Å². The number of nitriles is 1. The Hall–Kier alpha value is -1.87. The van der Waals surface area contributed by atoms with Gasteiger partial charge in [0.05, 0.1) is 23.9 Å². The second kappa shape index (κ2) is 10.8. The Balaban J connectivity index is 2.61. The summed E-state index contributed by atoms with van der Waals surface area (Å²) in [7, 11) is 0. The van der Waals surface area contributed by atoms with E-state index in [2.05, 4.69) is 6.92 Å². The molecule has 0 aliphatic heterocycles. The lowest BCUT2D eigenvalue weighted by Gasteiger charge is -2.20. The highest BCUT2D eigenvalue weighted by atomic mass is 16.5. The summed E-state index contributed by atoms with van der Waals surface area (Å²) in [5, 5.41) is 28.7. The summed E-state index contributed by atoms with van der Waals surface area (Å²) < 4.78 is 5.16. The summed E-state index contributed by atoms with van der Waals surface area (Å²) >= 11 is 0. The summed E-state index contributed by atoms with van der Waals surface area (Å²) in [4.78, 5) is 23.7. The van der Waals surface area contributed by atoms with E-state index in [1.807, 2.05) is 6.07 Å². The number of carbonyl (C=O) groups excluding carboxylic acids is 2. The molecule has 0 spiro atoms. The molecular weight excluding hydrogens is 310 g/mol. The Bertz CT molecular complexity index is 494. The van der Waals surface area contributed by atoms with Crippen LogP contribution in [0.25, 0.3) is 0 Å². The maximum Gasteiger partial charge on any atom is 0.306 e. The van der Waals surface area contributed by atoms with E-state index in [0.717, 1.165) is 25.7 Å². The van der Waals surface area contributed by atoms with Crippen LogP contribution >= 0.6 is 0 Å². The average molecular weight is 337 g/mol. The van der Waals surface area contributed by atoms with Gasteiger partial charge in [-0.1, -0.05) is 26.2 Å². The predicted molar refractivity (Wildman–Crippen MR) is 87.9 cm³/mol. The quantitative estimate of drug-likeness (QED) is 0.360. The minimum Gasteiger partial charge on any atom is -0.512 e. The van der Waals surface area contributed by atoms with Gasteiger partial charge in [0.2, 0.25) is 0 Å². The molecule has 3 atom stereocenters. The van der Waals surface area contributed by atoms with Crippen molar-refractivity contribution in [2.75, 3.05) is 0 Å². The maximum absolute atomic E-state index is 12.0. The van der Waals surface area contributed by atoms with Crippen molar-refractivity contribution in [2.24, 2.45) is 5.92 Å². The van der Waals surface area contributed by atoms with Crippen molar-refractivity contribution in [3.05, 3.63) is 11.8 Å². The molecule has 6 nitrogen and oxygen atoms in total. The number of nitrogens with zero attached hydrogens (tertiary/aromatic N) is 1. The highest BCUT2D eigenvalue weighted by molar-refractivity contribution is 5.89. The zero-order valence-corrected chi connectivity index (χ0v) is 14.2. The third-order valence-electron chi connectivity index (χ3n) is 4.15. The number of aliphatic hydroxyl groups excluding tert-OH is 2. The molecule has 0 amide bonds. The molecule has 1 rings (SSSR count). The SMILES string of the molecule is CCCCCC/C=C(/O)C1C(O)CC(=O)C1OC(=O)CCCC#N. The second-order valence-corrected chi connectivity index (χ2v) is 6.16. The molecule has 0 aromatic carbocycles. The molecule has 1 saturated carbocycles. The summed E-state index contributed by atoms with van der Waals surface area (Å²) in [6, 6.07) is 1.93. The lowest BCUT2D eigenvalue weighted by molar-refractivity contribution is -0.156. The van der Waals surface area contributed by atoms with E-state index < -0.39 is 24.1 Å². The zero-order chi connectivity index (χ0) is 17.9. The van der Waals surface area contributed by atoms with Gasteiger partial charge in [0.15, 0.2) is 11.9 Å². The first-order valence-corrected chi connectivity index (χ1v) is 8.67. The van der Waals surface area contributed by atoms with E-state index in [1.165, 1.54) is 0 Å². The Kier molecular flexibility index (Phi) is 9.10. The monoisotopic (exact) mass is 337 g/mol. The van der Waals surface area contributed by atoms with Crippen LogP contribution in [0.5, 0.6) is 0 Å². The third-order valence-corrected chi connectivity index (χ3v) is 4.15. The van der Waals surface area contributed by atoms with Gasteiger partial charge in [0, 0.05) is 19.3 Å². The van der Waals surface area contributed by atoms with Gasteiger partial charge in [-0.15, -0.1) is 0 Å². The number of allylic oxidation sites excluding steroid dienone is 1. The largest absolute Gasteiger partial charge is 0.512 e. The molecule has 2 N–H and O–H groups in total. The number of hydrogen-bond donors (Lipinski definition) is 2. The summed E-state index contributed by atoms with van der Waals surface area (Å²) in [6.07, 6.45) is 4.84. The number of rotatable bonds is 10. The van der Waals surface area contributed by atoms with Crippen LogP contribution in [0, 0.1) is 17.2 Å². The van der Waals surface area contributed by atoms with Crippen molar-refractivity contribution in [3.8, 4) is 6.07 Å². The molecule has 3 unspecified atom stereocenters. The molecule has 24 heavy (non-hydrogen) atoms. The van der Waals surface area contributed by atoms with Crippen molar-refractivity contribution in [1.29, 1.82) is 5.26 Å². The van der Waals surface area contributed by atoms with Crippen LogP contribution in [0.2, 0.25) is 0 Å². The highest BCUT2D eigenvalue weighted by Crippen LogP contribution is 2.31. The van der Waals surface area contributed by atoms with Crippen molar-refractivity contribution in [1.82, 2.24) is 0 Å². The molecule has 0 aromatic heterocycles. The van der Waals surface area contributed by atoms with Gasteiger partial charge in [0.1, 0.15) is 0 Å². The van der Waals surface area contributed by atoms with Crippen LogP contribution in [-0.2, 0) is 14.3 Å². The standard InChI is InChI=1S/C18H27NO5/c1-2-3-4-5-6-9-13(20)17-14(21)12-15(22)18(17)24-16(23)10-7-8-11-19/h9,14,17-18,20-21H,2-8,10,12H2,1H3/b13-9+. The van der Waals surface area contributed by atoms with Crippen molar-refractivity contribution in [3.63, 3.8) is 0 Å². The fourth-order valence-electron chi connectivity index (χ4n) is 2.81. The summed E-state index contributed by atoms with van der Waals surface area (Å²) in [5.41, 5.74) is 0. The zero-order valence-electron chi connectivity index (χ0n) is 14.2. The minimum atomic E-state index is -1.14. The molecular formula is C18H27NO5. The Morgan fingerprint density at radius 3 is 2.79 bits per heavy atom. The first-order chi connectivity index (χ1) is 11.5. The first-order valence-electron chi connectivity index (χ1n) is 8.67. The van der Waals surface area contributed by atoms with Crippen molar-refractivity contribution >= 4 is 11.8 Å². The summed E-state index contributed by atoms with van der Waals surface area (Å²) in [5.74, 6) is -1.94. The van der Waals surface area contributed by atoms with Gasteiger partial charge in [-0.25, -0.2) is 0 Å². The molecule has 0 bridgehead atoms. The van der Waals surface area contributed by atoms with Gasteiger partial charge in [-0.05, 0) is 25.3 Å². The second-order valence-electron chi connectivity index (χ2n) is 6.16. The molecule has 0 saturated heterocycles. The van der Waals surface area contributed by atoms with E-state index in [4.69, 9.17) is 10.00 Å². The fraction of sp³-hybridized carbons (Fsp3) is 0.722. The molecule has 134 valence electrons. The van der Waals surface area contributed by atoms with Gasteiger partial charge >= 0.3 is 5.97 Å². The molecule has 1 aliphatic carbocycles. The lowest BCUT2D eigenvalue weighted by atomic mass is 9.99. The van der Waals surface area contributed by atoms with E-state index in [-0.39, 0.29) is 30.8 Å². The first kappa shape index (κ1) is 20.2. The van der Waals surface area contributed by atoms with Gasteiger partial charge < -0.3 is 14.9 Å². The number of aliphatic hydroxyl groups is 2. The maximum atomic E-state index is 12.0.